The van der Waals surface area contributed by atoms with E-state index in [4.69, 9.17) is 9.52 Å². The van der Waals surface area contributed by atoms with Crippen molar-refractivity contribution in [2.45, 2.75) is 49.3 Å². The number of alkyl halides is 2. The third-order valence-electron chi connectivity index (χ3n) is 8.68. The number of carbonyl (C=O) groups is 1. The highest BCUT2D eigenvalue weighted by molar-refractivity contribution is 7.89. The van der Waals surface area contributed by atoms with Crippen LogP contribution in [0.5, 0.6) is 0 Å². The monoisotopic (exact) mass is 588 g/mol. The van der Waals surface area contributed by atoms with Gasteiger partial charge in [0.25, 0.3) is 11.8 Å². The van der Waals surface area contributed by atoms with Crippen molar-refractivity contribution >= 4 is 44.0 Å². The van der Waals surface area contributed by atoms with Gasteiger partial charge in [-0.3, -0.25) is 4.79 Å². The first-order valence-corrected chi connectivity index (χ1v) is 15.5. The van der Waals surface area contributed by atoms with Crippen LogP contribution in [0.3, 0.4) is 0 Å². The summed E-state index contributed by atoms with van der Waals surface area (Å²) in [5.41, 5.74) is 2.98. The Kier molecular flexibility index (Phi) is 7.19. The zero-order valence-corrected chi connectivity index (χ0v) is 23.5. The van der Waals surface area contributed by atoms with E-state index >= 15 is 0 Å². The quantitative estimate of drug-likeness (QED) is 0.353. The van der Waals surface area contributed by atoms with Crippen LogP contribution in [0.2, 0.25) is 0 Å². The van der Waals surface area contributed by atoms with Crippen LogP contribution in [0, 0.1) is 5.41 Å². The summed E-state index contributed by atoms with van der Waals surface area (Å²) >= 11 is 0. The number of anilines is 3. The van der Waals surface area contributed by atoms with Crippen LogP contribution in [0.25, 0.3) is 11.0 Å². The second-order valence-electron chi connectivity index (χ2n) is 11.4. The molecule has 12 heteroatoms. The van der Waals surface area contributed by atoms with Gasteiger partial charge in [-0.25, -0.2) is 21.9 Å². The van der Waals surface area contributed by atoms with Gasteiger partial charge in [-0.2, -0.15) is 0 Å². The van der Waals surface area contributed by atoms with Crippen LogP contribution >= 0.6 is 0 Å². The lowest BCUT2D eigenvalue weighted by molar-refractivity contribution is -0.0220. The molecule has 220 valence electrons. The highest BCUT2D eigenvalue weighted by Gasteiger charge is 2.44. The fourth-order valence-electron chi connectivity index (χ4n) is 5.91. The Morgan fingerprint density at radius 1 is 0.927 bits per heavy atom. The molecule has 1 saturated carbocycles. The molecule has 1 spiro atoms. The van der Waals surface area contributed by atoms with Gasteiger partial charge in [-0.15, -0.1) is 0 Å². The van der Waals surface area contributed by atoms with Gasteiger partial charge >= 0.3 is 0 Å². The van der Waals surface area contributed by atoms with Crippen LogP contribution in [0.15, 0.2) is 52.0 Å². The molecule has 1 amide bonds. The minimum Gasteiger partial charge on any atom is -0.462 e. The molecule has 9 nitrogen and oxygen atoms in total. The van der Waals surface area contributed by atoms with Crippen molar-refractivity contribution in [3.63, 3.8) is 0 Å². The van der Waals surface area contributed by atoms with E-state index in [1.165, 1.54) is 25.2 Å². The summed E-state index contributed by atoms with van der Waals surface area (Å²) in [5.74, 6) is -3.10. The molecular formula is C29H34F2N4O5S. The third-order valence-corrected chi connectivity index (χ3v) is 10.1. The second kappa shape index (κ2) is 10.6. The molecule has 6 rings (SSSR count). The number of hydrogen-bond donors (Lipinski definition) is 3. The Labute approximate surface area is 237 Å². The average Bonchev–Trinajstić information content (AvgIpc) is 3.53. The summed E-state index contributed by atoms with van der Waals surface area (Å²) in [4.78, 5) is 17.6. The van der Waals surface area contributed by atoms with Gasteiger partial charge in [0.05, 0.1) is 34.8 Å². The molecule has 2 saturated heterocycles. The number of fused-ring (bicyclic) bond motifs is 1. The number of aliphatic hydroxyl groups is 1. The summed E-state index contributed by atoms with van der Waals surface area (Å²) < 4.78 is 61.4. The van der Waals surface area contributed by atoms with E-state index in [2.05, 4.69) is 14.9 Å². The van der Waals surface area contributed by atoms with Gasteiger partial charge in [0, 0.05) is 56.5 Å². The number of aliphatic hydroxyl groups excluding tert-OH is 1. The average molecular weight is 589 g/mol. The van der Waals surface area contributed by atoms with Crippen LogP contribution in [0.1, 0.15) is 48.9 Å². The van der Waals surface area contributed by atoms with Crippen LogP contribution in [-0.4, -0.2) is 64.7 Å². The molecule has 2 aliphatic heterocycles. The van der Waals surface area contributed by atoms with Crippen molar-refractivity contribution in [1.29, 1.82) is 0 Å². The fraction of sp³-hybridized carbons (Fsp3) is 0.483. The summed E-state index contributed by atoms with van der Waals surface area (Å²) in [5, 5.41) is 12.8. The van der Waals surface area contributed by atoms with Crippen molar-refractivity contribution < 1.29 is 31.5 Å². The Hall–Kier alpha value is -3.22. The predicted octanol–water partition coefficient (Wildman–Crippen LogP) is 4.57. The minimum atomic E-state index is -3.85. The number of furan rings is 1. The van der Waals surface area contributed by atoms with E-state index in [-0.39, 0.29) is 44.0 Å². The second-order valence-corrected chi connectivity index (χ2v) is 13.2. The lowest BCUT2D eigenvalue weighted by atomic mass is 9.93. The summed E-state index contributed by atoms with van der Waals surface area (Å²) in [6.07, 6.45) is 5.43. The van der Waals surface area contributed by atoms with Gasteiger partial charge in [0.2, 0.25) is 10.0 Å². The molecule has 0 atom stereocenters. The fourth-order valence-corrected chi connectivity index (χ4v) is 6.95. The summed E-state index contributed by atoms with van der Waals surface area (Å²) in [7, 11) is -3.85. The number of nitrogens with zero attached hydrogens (tertiary/aromatic N) is 2. The zero-order valence-electron chi connectivity index (χ0n) is 22.7. The van der Waals surface area contributed by atoms with Crippen molar-refractivity contribution in [3.05, 3.63) is 48.2 Å². The molecule has 2 aromatic carbocycles. The standard InChI is InChI=1S/C29H34F2N4O5S/c30-29(31)8-13-35(14-9-29)25-18-21(17-20-3-16-40-26(20)25)27(37)33-23-2-1-22(41(38,39)32-10-15-36)19-24(23)34-11-6-28(4-5-28)7-12-34/h1-3,16-19,32,36H,4-15H2,(H,33,37). The van der Waals surface area contributed by atoms with Crippen molar-refractivity contribution in [2.75, 3.05) is 54.4 Å². The highest BCUT2D eigenvalue weighted by atomic mass is 32.2. The SMILES string of the molecule is O=C(Nc1ccc(S(=O)(=O)NCCO)cc1N1CCC2(CC1)CC2)c1cc(N2CCC(F)(F)CC2)c2occc2c1. The first kappa shape index (κ1) is 27.9. The summed E-state index contributed by atoms with van der Waals surface area (Å²) in [6, 6.07) is 9.69. The van der Waals surface area contributed by atoms with Crippen LogP contribution in [0.4, 0.5) is 25.8 Å². The number of nitrogens with one attached hydrogen (secondary N) is 2. The first-order valence-electron chi connectivity index (χ1n) is 14.0. The van der Waals surface area contributed by atoms with Crippen molar-refractivity contribution in [3.8, 4) is 0 Å². The number of rotatable bonds is 8. The number of halogens is 2. The Balaban J connectivity index is 1.30. The first-order chi connectivity index (χ1) is 19.6. The topological polar surface area (TPSA) is 115 Å². The largest absolute Gasteiger partial charge is 0.462 e. The lowest BCUT2D eigenvalue weighted by Gasteiger charge is -2.35. The molecule has 3 fully saturated rings. The van der Waals surface area contributed by atoms with Crippen molar-refractivity contribution in [1.82, 2.24) is 4.72 Å². The van der Waals surface area contributed by atoms with E-state index in [9.17, 15) is 22.0 Å². The zero-order chi connectivity index (χ0) is 28.8. The van der Waals surface area contributed by atoms with Crippen LogP contribution in [-0.2, 0) is 10.0 Å². The molecule has 41 heavy (non-hydrogen) atoms. The minimum absolute atomic E-state index is 0.0506. The molecule has 0 unspecified atom stereocenters. The van der Waals surface area contributed by atoms with Gasteiger partial charge < -0.3 is 24.6 Å². The van der Waals surface area contributed by atoms with E-state index in [1.807, 2.05) is 4.90 Å². The van der Waals surface area contributed by atoms with E-state index < -0.39 is 21.9 Å². The molecule has 3 aliphatic rings. The predicted molar refractivity (Wildman–Crippen MR) is 152 cm³/mol. The Bertz CT molecular complexity index is 1550. The molecule has 0 radical (unpaired) electrons. The van der Waals surface area contributed by atoms with E-state index in [1.54, 1.807) is 30.3 Å². The van der Waals surface area contributed by atoms with Gasteiger partial charge in [-0.1, -0.05) is 0 Å². The number of hydrogen-bond acceptors (Lipinski definition) is 7. The smallest absolute Gasteiger partial charge is 0.255 e. The maximum atomic E-state index is 13.8. The highest BCUT2D eigenvalue weighted by Crippen LogP contribution is 2.54. The molecule has 3 heterocycles. The molecule has 1 aromatic heterocycles. The number of piperidine rings is 2. The third kappa shape index (κ3) is 5.77. The molecular weight excluding hydrogens is 554 g/mol. The number of carbonyl (C=O) groups excluding carboxylic acids is 1. The Morgan fingerprint density at radius 3 is 2.29 bits per heavy atom. The molecule has 3 N–H and O–H groups in total. The number of amides is 1. The van der Waals surface area contributed by atoms with E-state index in [0.29, 0.717) is 39.0 Å². The Morgan fingerprint density at radius 2 is 1.61 bits per heavy atom. The van der Waals surface area contributed by atoms with Crippen LogP contribution < -0.4 is 19.8 Å². The normalized spacial score (nSPS) is 20.0. The molecule has 3 aromatic rings. The van der Waals surface area contributed by atoms with Gasteiger partial charge in [0.1, 0.15) is 0 Å². The van der Waals surface area contributed by atoms with Gasteiger partial charge in [-0.05, 0) is 67.5 Å². The number of sulfonamides is 1. The molecule has 0 bridgehead atoms. The molecule has 1 aliphatic carbocycles. The van der Waals surface area contributed by atoms with Gasteiger partial charge in [0.15, 0.2) is 5.58 Å². The van der Waals surface area contributed by atoms with E-state index in [0.717, 1.165) is 25.9 Å². The maximum Gasteiger partial charge on any atom is 0.255 e. The summed E-state index contributed by atoms with van der Waals surface area (Å²) in [6.45, 7) is 1.37. The lowest BCUT2D eigenvalue weighted by Crippen LogP contribution is -2.39. The maximum absolute atomic E-state index is 13.8. The number of benzene rings is 2. The van der Waals surface area contributed by atoms with Crippen molar-refractivity contribution in [2.24, 2.45) is 5.41 Å².